The van der Waals surface area contributed by atoms with E-state index < -0.39 is 0 Å². The third kappa shape index (κ3) is 3.72. The highest BCUT2D eigenvalue weighted by molar-refractivity contribution is 5.79. The average molecular weight is 364 g/mol. The van der Waals surface area contributed by atoms with Crippen molar-refractivity contribution < 1.29 is 9.53 Å². The first kappa shape index (κ1) is 18.1. The largest absolute Gasteiger partial charge is 0.384 e. The molecule has 27 heavy (non-hydrogen) atoms. The Kier molecular flexibility index (Phi) is 5.17. The van der Waals surface area contributed by atoms with E-state index in [2.05, 4.69) is 29.6 Å². The van der Waals surface area contributed by atoms with Gasteiger partial charge in [-0.25, -0.2) is 0 Å². The number of para-hydroxylation sites is 1. The van der Waals surface area contributed by atoms with Gasteiger partial charge in [-0.05, 0) is 30.0 Å². The number of nitrogens with one attached hydrogen (secondary N) is 1. The lowest BCUT2D eigenvalue weighted by Gasteiger charge is -2.40. The van der Waals surface area contributed by atoms with Crippen LogP contribution in [0, 0.1) is 5.92 Å². The molecule has 1 saturated heterocycles. The first-order valence-corrected chi connectivity index (χ1v) is 9.92. The number of benzene rings is 2. The lowest BCUT2D eigenvalue weighted by atomic mass is 9.74. The van der Waals surface area contributed by atoms with E-state index in [-0.39, 0.29) is 17.2 Å². The van der Waals surface area contributed by atoms with Gasteiger partial charge in [0.15, 0.2) is 0 Å². The minimum Gasteiger partial charge on any atom is -0.384 e. The van der Waals surface area contributed by atoms with Gasteiger partial charge in [-0.2, -0.15) is 0 Å². The summed E-state index contributed by atoms with van der Waals surface area (Å²) < 4.78 is 5.78. The minimum atomic E-state index is -0.100. The Morgan fingerprint density at radius 3 is 2.59 bits per heavy atom. The molecule has 0 aliphatic carbocycles. The smallest absolute Gasteiger partial charge is 0.227 e. The van der Waals surface area contributed by atoms with E-state index in [1.54, 1.807) is 0 Å². The number of amides is 1. The summed E-state index contributed by atoms with van der Waals surface area (Å²) in [5.74, 6) is 0.119. The second-order valence-corrected chi connectivity index (χ2v) is 7.91. The van der Waals surface area contributed by atoms with Crippen molar-refractivity contribution in [1.29, 1.82) is 0 Å². The zero-order valence-corrected chi connectivity index (χ0v) is 16.0. The quantitative estimate of drug-likeness (QED) is 0.877. The highest BCUT2D eigenvalue weighted by Gasteiger charge is 2.42. The Morgan fingerprint density at radius 2 is 1.81 bits per heavy atom. The van der Waals surface area contributed by atoms with E-state index in [4.69, 9.17) is 4.74 Å². The van der Waals surface area contributed by atoms with Crippen molar-refractivity contribution in [3.8, 4) is 0 Å². The van der Waals surface area contributed by atoms with Crippen LogP contribution in [0.3, 0.4) is 0 Å². The van der Waals surface area contributed by atoms with Crippen LogP contribution in [0.2, 0.25) is 0 Å². The van der Waals surface area contributed by atoms with Crippen LogP contribution >= 0.6 is 0 Å². The number of carbonyl (C=O) groups is 1. The summed E-state index contributed by atoms with van der Waals surface area (Å²) in [4.78, 5) is 14.9. The van der Waals surface area contributed by atoms with Crippen LogP contribution in [0.4, 0.5) is 5.69 Å². The zero-order chi connectivity index (χ0) is 18.7. The molecule has 2 aromatic carbocycles. The van der Waals surface area contributed by atoms with Gasteiger partial charge in [-0.15, -0.1) is 0 Å². The molecule has 1 atom stereocenters. The van der Waals surface area contributed by atoms with Gasteiger partial charge in [-0.3, -0.25) is 4.79 Å². The van der Waals surface area contributed by atoms with Crippen molar-refractivity contribution in [1.82, 2.24) is 4.90 Å². The van der Waals surface area contributed by atoms with E-state index in [1.807, 2.05) is 42.2 Å². The Morgan fingerprint density at radius 1 is 1.11 bits per heavy atom. The first-order valence-electron chi connectivity index (χ1n) is 9.92. The fraction of sp³-hybridized carbons (Fsp3) is 0.435. The zero-order valence-electron chi connectivity index (χ0n) is 16.0. The molecule has 1 N–H and O–H groups in total. The van der Waals surface area contributed by atoms with Crippen LogP contribution in [0.15, 0.2) is 54.6 Å². The molecular weight excluding hydrogens is 336 g/mol. The number of nitrogens with zero attached hydrogens (tertiary/aromatic N) is 1. The SMILES string of the molecule is C[C@H](COCc1ccccc1)C(=O)N1CCC2(CC1)CNc1ccccc12. The molecule has 1 amide bonds. The third-order valence-corrected chi connectivity index (χ3v) is 6.05. The second-order valence-electron chi connectivity index (χ2n) is 7.91. The fourth-order valence-electron chi connectivity index (χ4n) is 4.37. The second kappa shape index (κ2) is 7.73. The van der Waals surface area contributed by atoms with Crippen LogP contribution in [-0.4, -0.2) is 37.0 Å². The molecule has 1 spiro atoms. The molecule has 4 heteroatoms. The molecule has 0 radical (unpaired) electrons. The Hall–Kier alpha value is -2.33. The van der Waals surface area contributed by atoms with Gasteiger partial charge in [0.1, 0.15) is 0 Å². The Balaban J connectivity index is 1.28. The first-order chi connectivity index (χ1) is 13.2. The van der Waals surface area contributed by atoms with Crippen molar-refractivity contribution in [2.75, 3.05) is 31.6 Å². The predicted octanol–water partition coefficient (Wildman–Crippen LogP) is 3.83. The summed E-state index contributed by atoms with van der Waals surface area (Å²) in [6.07, 6.45) is 2.06. The maximum absolute atomic E-state index is 12.8. The van der Waals surface area contributed by atoms with Crippen LogP contribution in [0.5, 0.6) is 0 Å². The fourth-order valence-corrected chi connectivity index (χ4v) is 4.37. The Labute approximate surface area is 161 Å². The van der Waals surface area contributed by atoms with Gasteiger partial charge in [-0.1, -0.05) is 55.5 Å². The molecule has 2 aromatic rings. The van der Waals surface area contributed by atoms with E-state index in [0.29, 0.717) is 13.2 Å². The average Bonchev–Trinajstić information content (AvgIpc) is 3.07. The number of hydrogen-bond donors (Lipinski definition) is 1. The topological polar surface area (TPSA) is 41.6 Å². The molecule has 2 aliphatic heterocycles. The number of carbonyl (C=O) groups excluding carboxylic acids is 1. The molecule has 0 aromatic heterocycles. The molecule has 0 bridgehead atoms. The molecule has 142 valence electrons. The van der Waals surface area contributed by atoms with Gasteiger partial charge in [0, 0.05) is 30.7 Å². The number of likely N-dealkylation sites (tertiary alicyclic amines) is 1. The van der Waals surface area contributed by atoms with Gasteiger partial charge in [0.25, 0.3) is 0 Å². The van der Waals surface area contributed by atoms with Crippen LogP contribution in [0.1, 0.15) is 30.9 Å². The Bertz CT molecular complexity index is 782. The number of hydrogen-bond acceptors (Lipinski definition) is 3. The summed E-state index contributed by atoms with van der Waals surface area (Å²) in [5.41, 5.74) is 4.03. The van der Waals surface area contributed by atoms with E-state index in [0.717, 1.165) is 38.0 Å². The highest BCUT2D eigenvalue weighted by atomic mass is 16.5. The van der Waals surface area contributed by atoms with Gasteiger partial charge in [0.2, 0.25) is 5.91 Å². The summed E-state index contributed by atoms with van der Waals surface area (Å²) in [6.45, 7) is 5.66. The predicted molar refractivity (Wildman–Crippen MR) is 108 cm³/mol. The number of ether oxygens (including phenoxy) is 1. The summed E-state index contributed by atoms with van der Waals surface area (Å²) in [5, 5.41) is 3.55. The summed E-state index contributed by atoms with van der Waals surface area (Å²) in [7, 11) is 0. The number of fused-ring (bicyclic) bond motifs is 2. The molecule has 0 unspecified atom stereocenters. The van der Waals surface area contributed by atoms with Gasteiger partial charge >= 0.3 is 0 Å². The van der Waals surface area contributed by atoms with Crippen molar-refractivity contribution in [2.24, 2.45) is 5.92 Å². The maximum Gasteiger partial charge on any atom is 0.227 e. The number of piperidine rings is 1. The summed E-state index contributed by atoms with van der Waals surface area (Å²) in [6, 6.07) is 18.7. The standard InChI is InChI=1S/C23H28N2O2/c1-18(15-27-16-19-7-3-2-4-8-19)22(26)25-13-11-23(12-14-25)17-24-21-10-6-5-9-20(21)23/h2-10,18,24H,11-17H2,1H3/t18-/m1/s1. The molecule has 2 aliphatic rings. The van der Waals surface area contributed by atoms with E-state index >= 15 is 0 Å². The normalized spacial score (nSPS) is 18.8. The third-order valence-electron chi connectivity index (χ3n) is 6.05. The van der Waals surface area contributed by atoms with Crippen LogP contribution in [-0.2, 0) is 21.6 Å². The number of anilines is 1. The molecule has 1 fully saturated rings. The van der Waals surface area contributed by atoms with Crippen molar-refractivity contribution >= 4 is 11.6 Å². The van der Waals surface area contributed by atoms with Gasteiger partial charge < -0.3 is 15.0 Å². The van der Waals surface area contributed by atoms with E-state index in [1.165, 1.54) is 11.3 Å². The maximum atomic E-state index is 12.8. The molecular formula is C23H28N2O2. The minimum absolute atomic E-state index is 0.100. The van der Waals surface area contributed by atoms with Crippen molar-refractivity contribution in [2.45, 2.75) is 31.8 Å². The lowest BCUT2D eigenvalue weighted by molar-refractivity contribution is -0.138. The van der Waals surface area contributed by atoms with Crippen LogP contribution in [0.25, 0.3) is 0 Å². The molecule has 0 saturated carbocycles. The molecule has 4 nitrogen and oxygen atoms in total. The lowest BCUT2D eigenvalue weighted by Crippen LogP contribution is -2.48. The van der Waals surface area contributed by atoms with Gasteiger partial charge in [0.05, 0.1) is 19.1 Å². The van der Waals surface area contributed by atoms with Crippen molar-refractivity contribution in [3.05, 3.63) is 65.7 Å². The monoisotopic (exact) mass is 364 g/mol. The van der Waals surface area contributed by atoms with Crippen LogP contribution < -0.4 is 5.32 Å². The van der Waals surface area contributed by atoms with E-state index in [9.17, 15) is 4.79 Å². The molecule has 4 rings (SSSR count). The number of rotatable bonds is 5. The molecule has 2 heterocycles. The summed E-state index contributed by atoms with van der Waals surface area (Å²) >= 11 is 0. The van der Waals surface area contributed by atoms with Crippen molar-refractivity contribution in [3.63, 3.8) is 0 Å². The highest BCUT2D eigenvalue weighted by Crippen LogP contribution is 2.43.